The van der Waals surface area contributed by atoms with Crippen molar-refractivity contribution in [2.45, 2.75) is 13.8 Å². The van der Waals surface area contributed by atoms with Crippen molar-refractivity contribution in [1.82, 2.24) is 0 Å². The lowest BCUT2D eigenvalue weighted by Gasteiger charge is -2.15. The zero-order valence-corrected chi connectivity index (χ0v) is 26.1. The molecule has 178 valence electrons. The highest BCUT2D eigenvalue weighted by Gasteiger charge is 2.16. The third-order valence-corrected chi connectivity index (χ3v) is 9.03. The van der Waals surface area contributed by atoms with Gasteiger partial charge in [-0.05, 0) is 94.8 Å². The first-order valence-electron chi connectivity index (χ1n) is 11.5. The van der Waals surface area contributed by atoms with Crippen molar-refractivity contribution in [3.05, 3.63) is 126 Å². The Bertz CT molecular complexity index is 1450. The molecule has 0 radical (unpaired) electrons. The number of aryl methyl sites for hydroxylation is 2. The van der Waals surface area contributed by atoms with Gasteiger partial charge in [-0.1, -0.05) is 136 Å². The second-order valence-corrected chi connectivity index (χ2v) is 12.4. The van der Waals surface area contributed by atoms with Gasteiger partial charge in [0.1, 0.15) is 0 Å². The summed E-state index contributed by atoms with van der Waals surface area (Å²) in [6.45, 7) is 4.23. The second kappa shape index (κ2) is 10.8. The fourth-order valence-electron chi connectivity index (χ4n) is 4.27. The normalized spacial score (nSPS) is 11.1. The van der Waals surface area contributed by atoms with Gasteiger partial charge in [-0.15, -0.1) is 0 Å². The van der Waals surface area contributed by atoms with Crippen molar-refractivity contribution in [3.63, 3.8) is 0 Å². The Morgan fingerprint density at radius 1 is 0.333 bits per heavy atom. The van der Waals surface area contributed by atoms with Gasteiger partial charge >= 0.3 is 0 Å². The van der Waals surface area contributed by atoms with E-state index in [1.54, 1.807) is 0 Å². The average Bonchev–Trinajstić information content (AvgIpc) is 2.87. The van der Waals surface area contributed by atoms with Gasteiger partial charge in [0.05, 0.1) is 0 Å². The molecule has 5 aromatic rings. The quantitative estimate of drug-likeness (QED) is 0.173. The average molecular weight is 726 g/mol. The summed E-state index contributed by atoms with van der Waals surface area (Å²) in [6, 6.07) is 34.8. The van der Waals surface area contributed by atoms with Gasteiger partial charge in [0.25, 0.3) is 0 Å². The standard InChI is InChI=1S/C32H22Br4/c1-19-3-7-21(8-4-19)23-11-13-29(33)25(15-23)27-17-32(36)28(18-31(27)35)26-16-24(12-14-30(26)34)22-9-5-20(2)6-10-22/h3-18H,1-2H3. The lowest BCUT2D eigenvalue weighted by molar-refractivity contribution is 1.46. The summed E-state index contributed by atoms with van der Waals surface area (Å²) in [5.41, 5.74) is 11.8. The zero-order valence-electron chi connectivity index (χ0n) is 19.7. The number of hydrogen-bond acceptors (Lipinski definition) is 0. The van der Waals surface area contributed by atoms with Gasteiger partial charge in [0, 0.05) is 17.9 Å². The molecule has 0 aliphatic rings. The summed E-state index contributed by atoms with van der Waals surface area (Å²) in [6.07, 6.45) is 0. The third-order valence-electron chi connectivity index (χ3n) is 6.34. The maximum atomic E-state index is 3.88. The van der Waals surface area contributed by atoms with Crippen LogP contribution in [0.5, 0.6) is 0 Å². The molecule has 0 atom stereocenters. The van der Waals surface area contributed by atoms with Crippen LogP contribution in [0.1, 0.15) is 11.1 Å². The van der Waals surface area contributed by atoms with Crippen LogP contribution >= 0.6 is 63.7 Å². The van der Waals surface area contributed by atoms with Crippen molar-refractivity contribution in [3.8, 4) is 44.5 Å². The summed E-state index contributed by atoms with van der Waals surface area (Å²) in [5.74, 6) is 0. The molecule has 0 nitrogen and oxygen atoms in total. The van der Waals surface area contributed by atoms with E-state index in [1.165, 1.54) is 33.4 Å². The Kier molecular flexibility index (Phi) is 7.69. The Labute approximate surface area is 246 Å². The van der Waals surface area contributed by atoms with Crippen LogP contribution < -0.4 is 0 Å². The van der Waals surface area contributed by atoms with Crippen LogP contribution in [0.4, 0.5) is 0 Å². The molecule has 0 N–H and O–H groups in total. The van der Waals surface area contributed by atoms with Gasteiger partial charge in [-0.2, -0.15) is 0 Å². The van der Waals surface area contributed by atoms with E-state index in [2.05, 4.69) is 175 Å². The lowest BCUT2D eigenvalue weighted by atomic mass is 9.95. The molecule has 0 aromatic heterocycles. The van der Waals surface area contributed by atoms with Gasteiger partial charge in [0.15, 0.2) is 0 Å². The molecular formula is C32H22Br4. The molecule has 0 heterocycles. The fourth-order valence-corrected chi connectivity index (χ4v) is 6.31. The van der Waals surface area contributed by atoms with Crippen LogP contribution in [0.25, 0.3) is 44.5 Å². The van der Waals surface area contributed by atoms with Crippen LogP contribution in [-0.2, 0) is 0 Å². The molecular weight excluding hydrogens is 704 g/mol. The van der Waals surface area contributed by atoms with Crippen molar-refractivity contribution < 1.29 is 0 Å². The highest BCUT2D eigenvalue weighted by molar-refractivity contribution is 9.11. The van der Waals surface area contributed by atoms with Gasteiger partial charge in [0.2, 0.25) is 0 Å². The number of rotatable bonds is 4. The summed E-state index contributed by atoms with van der Waals surface area (Å²) >= 11 is 15.3. The van der Waals surface area contributed by atoms with Crippen molar-refractivity contribution in [2.24, 2.45) is 0 Å². The minimum Gasteiger partial charge on any atom is -0.0587 e. The molecule has 0 fully saturated rings. The first kappa shape index (κ1) is 25.7. The molecule has 0 aliphatic carbocycles. The molecule has 0 saturated heterocycles. The third kappa shape index (κ3) is 5.33. The summed E-state index contributed by atoms with van der Waals surface area (Å²) in [7, 11) is 0. The summed E-state index contributed by atoms with van der Waals surface area (Å²) in [5, 5.41) is 0. The first-order chi connectivity index (χ1) is 17.3. The highest BCUT2D eigenvalue weighted by Crippen LogP contribution is 2.44. The predicted molar refractivity (Wildman–Crippen MR) is 168 cm³/mol. The van der Waals surface area contributed by atoms with Crippen LogP contribution in [0.15, 0.2) is 115 Å². The Morgan fingerprint density at radius 2 is 0.639 bits per heavy atom. The predicted octanol–water partition coefficient (Wildman–Crippen LogP) is 12.0. The maximum absolute atomic E-state index is 3.88. The van der Waals surface area contributed by atoms with Gasteiger partial charge in [-0.25, -0.2) is 0 Å². The first-order valence-corrected chi connectivity index (χ1v) is 14.7. The molecule has 0 amide bonds. The highest BCUT2D eigenvalue weighted by atomic mass is 79.9. The van der Waals surface area contributed by atoms with E-state index in [-0.39, 0.29) is 0 Å². The second-order valence-electron chi connectivity index (χ2n) is 8.93. The van der Waals surface area contributed by atoms with Crippen LogP contribution in [0.3, 0.4) is 0 Å². The lowest BCUT2D eigenvalue weighted by Crippen LogP contribution is -1.90. The summed E-state index contributed by atoms with van der Waals surface area (Å²) < 4.78 is 4.19. The summed E-state index contributed by atoms with van der Waals surface area (Å²) in [4.78, 5) is 0. The minimum atomic E-state index is 1.04. The smallest absolute Gasteiger partial charge is 0.0261 e. The van der Waals surface area contributed by atoms with Crippen molar-refractivity contribution in [1.29, 1.82) is 0 Å². The molecule has 0 saturated carbocycles. The molecule has 0 spiro atoms. The zero-order chi connectivity index (χ0) is 25.4. The van der Waals surface area contributed by atoms with E-state index in [4.69, 9.17) is 0 Å². The Balaban J connectivity index is 1.58. The molecule has 4 heteroatoms. The fraction of sp³-hybridized carbons (Fsp3) is 0.0625. The Morgan fingerprint density at radius 3 is 1.00 bits per heavy atom. The maximum Gasteiger partial charge on any atom is 0.0261 e. The van der Waals surface area contributed by atoms with E-state index < -0.39 is 0 Å². The molecule has 0 aliphatic heterocycles. The van der Waals surface area contributed by atoms with Crippen molar-refractivity contribution in [2.75, 3.05) is 0 Å². The Hall–Kier alpha value is -1.98. The van der Waals surface area contributed by atoms with Gasteiger partial charge < -0.3 is 0 Å². The van der Waals surface area contributed by atoms with Crippen LogP contribution in [0, 0.1) is 13.8 Å². The van der Waals surface area contributed by atoms with E-state index in [1.807, 2.05) is 0 Å². The number of hydrogen-bond donors (Lipinski definition) is 0. The minimum absolute atomic E-state index is 1.04. The van der Waals surface area contributed by atoms with Crippen LogP contribution in [-0.4, -0.2) is 0 Å². The van der Waals surface area contributed by atoms with Crippen LogP contribution in [0.2, 0.25) is 0 Å². The number of benzene rings is 5. The monoisotopic (exact) mass is 722 g/mol. The molecule has 0 bridgehead atoms. The molecule has 36 heavy (non-hydrogen) atoms. The van der Waals surface area contributed by atoms with Crippen molar-refractivity contribution >= 4 is 63.7 Å². The van der Waals surface area contributed by atoms with Gasteiger partial charge in [-0.3, -0.25) is 0 Å². The number of halogens is 4. The topological polar surface area (TPSA) is 0 Å². The van der Waals surface area contributed by atoms with E-state index in [0.29, 0.717) is 0 Å². The molecule has 5 aromatic carbocycles. The molecule has 5 rings (SSSR count). The SMILES string of the molecule is Cc1ccc(-c2ccc(Br)c(-c3cc(Br)c(-c4cc(-c5ccc(C)cc5)ccc4Br)cc3Br)c2)cc1. The molecule has 0 unspecified atom stereocenters. The van der Waals surface area contributed by atoms with E-state index in [0.717, 1.165) is 40.1 Å². The van der Waals surface area contributed by atoms with E-state index >= 15 is 0 Å². The van der Waals surface area contributed by atoms with E-state index in [9.17, 15) is 0 Å². The largest absolute Gasteiger partial charge is 0.0587 e.